The maximum absolute atomic E-state index is 13.5. The lowest BCUT2D eigenvalue weighted by molar-refractivity contribution is 0.0724. The lowest BCUT2D eigenvalue weighted by Gasteiger charge is -2.35. The first-order valence-electron chi connectivity index (χ1n) is 11.4. The zero-order valence-electron chi connectivity index (χ0n) is 18.4. The zero-order valence-corrected chi connectivity index (χ0v) is 19.9. The average Bonchev–Trinajstić information content (AvgIpc) is 2.79. The summed E-state index contributed by atoms with van der Waals surface area (Å²) in [6.45, 7) is 5.72. The molecule has 2 aliphatic rings. The van der Waals surface area contributed by atoms with Gasteiger partial charge in [0.05, 0.1) is 16.1 Å². The lowest BCUT2D eigenvalue weighted by atomic mass is 9.97. The van der Waals surface area contributed by atoms with Crippen LogP contribution in [-0.4, -0.2) is 42.9 Å². The van der Waals surface area contributed by atoms with Gasteiger partial charge in [-0.05, 0) is 74.4 Å². The summed E-state index contributed by atoms with van der Waals surface area (Å²) >= 11 is 12.1. The summed E-state index contributed by atoms with van der Waals surface area (Å²) in [6.07, 6.45) is 5.47. The van der Waals surface area contributed by atoms with Crippen LogP contribution >= 0.6 is 23.2 Å². The van der Waals surface area contributed by atoms with E-state index in [-0.39, 0.29) is 11.8 Å². The number of hydrogen-bond acceptors (Lipinski definition) is 3. The lowest BCUT2D eigenvalue weighted by Crippen LogP contribution is -2.38. The maximum atomic E-state index is 13.5. The van der Waals surface area contributed by atoms with Crippen LogP contribution in [0.2, 0.25) is 10.0 Å². The number of hydrogen-bond donors (Lipinski definition) is 1. The van der Waals surface area contributed by atoms with Gasteiger partial charge in [0.1, 0.15) is 0 Å². The molecule has 1 N–H and O–H groups in total. The average molecular weight is 474 g/mol. The summed E-state index contributed by atoms with van der Waals surface area (Å²) < 4.78 is 0. The number of rotatable bonds is 4. The first-order chi connectivity index (χ1) is 15.4. The highest BCUT2D eigenvalue weighted by atomic mass is 35.5. The molecule has 170 valence electrons. The maximum Gasteiger partial charge on any atom is 0.257 e. The number of likely N-dealkylation sites (tertiary alicyclic amines) is 1. The molecular weight excluding hydrogens is 445 g/mol. The predicted molar refractivity (Wildman–Crippen MR) is 131 cm³/mol. The minimum atomic E-state index is -0.331. The van der Waals surface area contributed by atoms with Gasteiger partial charge in [-0.3, -0.25) is 9.59 Å². The molecule has 0 radical (unpaired) electrons. The van der Waals surface area contributed by atoms with Gasteiger partial charge in [-0.15, -0.1) is 0 Å². The molecule has 4 rings (SSSR count). The van der Waals surface area contributed by atoms with Gasteiger partial charge in [0.15, 0.2) is 0 Å². The molecule has 2 aromatic carbocycles. The monoisotopic (exact) mass is 473 g/mol. The summed E-state index contributed by atoms with van der Waals surface area (Å²) in [5.74, 6) is 0.414. The number of carbonyl (C=O) groups excluding carboxylic acids is 2. The summed E-state index contributed by atoms with van der Waals surface area (Å²) in [7, 11) is 0. The number of anilines is 2. The fourth-order valence-electron chi connectivity index (χ4n) is 4.45. The summed E-state index contributed by atoms with van der Waals surface area (Å²) in [6, 6.07) is 10.4. The first kappa shape index (κ1) is 22.9. The third-order valence-electron chi connectivity index (χ3n) is 6.43. The number of carbonyl (C=O) groups is 2. The van der Waals surface area contributed by atoms with E-state index in [0.29, 0.717) is 32.8 Å². The molecule has 2 heterocycles. The third kappa shape index (κ3) is 5.21. The van der Waals surface area contributed by atoms with Crippen molar-refractivity contribution in [1.82, 2.24) is 4.90 Å². The van der Waals surface area contributed by atoms with Crippen LogP contribution < -0.4 is 10.2 Å². The van der Waals surface area contributed by atoms with Crippen LogP contribution in [0.15, 0.2) is 36.4 Å². The van der Waals surface area contributed by atoms with E-state index >= 15 is 0 Å². The van der Waals surface area contributed by atoms with Crippen LogP contribution in [-0.2, 0) is 0 Å². The molecule has 2 aliphatic heterocycles. The van der Waals surface area contributed by atoms with Gasteiger partial charge in [0.25, 0.3) is 11.8 Å². The molecule has 2 amide bonds. The van der Waals surface area contributed by atoms with Crippen LogP contribution in [0.25, 0.3) is 0 Å². The van der Waals surface area contributed by atoms with E-state index in [2.05, 4.69) is 17.1 Å². The smallest absolute Gasteiger partial charge is 0.257 e. The summed E-state index contributed by atoms with van der Waals surface area (Å²) in [5.41, 5.74) is 2.53. The number of piperidine rings is 2. The molecule has 7 heteroatoms. The Balaban J connectivity index is 1.62. The second-order valence-corrected chi connectivity index (χ2v) is 9.68. The Kier molecular flexibility index (Phi) is 7.27. The highest BCUT2D eigenvalue weighted by Crippen LogP contribution is 2.31. The number of nitrogens with one attached hydrogen (secondary N) is 1. The van der Waals surface area contributed by atoms with Crippen molar-refractivity contribution in [3.8, 4) is 0 Å². The quantitative estimate of drug-likeness (QED) is 0.582. The molecule has 5 nitrogen and oxygen atoms in total. The van der Waals surface area contributed by atoms with Gasteiger partial charge in [0.2, 0.25) is 0 Å². The van der Waals surface area contributed by atoms with Crippen LogP contribution in [0.4, 0.5) is 11.4 Å². The molecule has 0 bridgehead atoms. The fraction of sp³-hybridized carbons (Fsp3) is 0.440. The van der Waals surface area contributed by atoms with Crippen LogP contribution in [0.1, 0.15) is 59.7 Å². The van der Waals surface area contributed by atoms with E-state index < -0.39 is 0 Å². The minimum absolute atomic E-state index is 0.0407. The first-order valence-corrected chi connectivity index (χ1v) is 12.1. The molecule has 32 heavy (non-hydrogen) atoms. The van der Waals surface area contributed by atoms with Crippen molar-refractivity contribution < 1.29 is 9.59 Å². The van der Waals surface area contributed by atoms with E-state index in [1.165, 1.54) is 6.42 Å². The van der Waals surface area contributed by atoms with Crippen molar-refractivity contribution in [1.29, 1.82) is 0 Å². The molecule has 2 aromatic rings. The largest absolute Gasteiger partial charge is 0.371 e. The van der Waals surface area contributed by atoms with Crippen LogP contribution in [0, 0.1) is 5.92 Å². The van der Waals surface area contributed by atoms with E-state index in [1.54, 1.807) is 18.2 Å². The fourth-order valence-corrected chi connectivity index (χ4v) is 4.94. The molecule has 0 unspecified atom stereocenters. The molecule has 2 saturated heterocycles. The van der Waals surface area contributed by atoms with E-state index in [0.717, 1.165) is 57.5 Å². The summed E-state index contributed by atoms with van der Waals surface area (Å²) in [4.78, 5) is 30.5. The van der Waals surface area contributed by atoms with Gasteiger partial charge >= 0.3 is 0 Å². The highest BCUT2D eigenvalue weighted by Gasteiger charge is 2.26. The number of benzene rings is 2. The van der Waals surface area contributed by atoms with Gasteiger partial charge in [-0.2, -0.15) is 0 Å². The molecule has 0 spiro atoms. The third-order valence-corrected chi connectivity index (χ3v) is 6.98. The SMILES string of the molecule is CC1CCN(c2ccc(NC(=O)c3ccc(Cl)cc3Cl)cc2C(=O)N2CCCCC2)CC1. The molecule has 0 atom stereocenters. The Labute approximate surface area is 199 Å². The van der Waals surface area contributed by atoms with E-state index in [9.17, 15) is 9.59 Å². The Morgan fingerprint density at radius 1 is 0.906 bits per heavy atom. The molecule has 0 saturated carbocycles. The zero-order chi connectivity index (χ0) is 22.7. The molecule has 0 aromatic heterocycles. The second kappa shape index (κ2) is 10.1. The Hall–Kier alpha value is -2.24. The topological polar surface area (TPSA) is 52.7 Å². The molecule has 2 fully saturated rings. The van der Waals surface area contributed by atoms with E-state index in [4.69, 9.17) is 23.2 Å². The normalized spacial score (nSPS) is 17.3. The Morgan fingerprint density at radius 2 is 1.62 bits per heavy atom. The predicted octanol–water partition coefficient (Wildman–Crippen LogP) is 6.11. The number of nitrogens with zero attached hydrogens (tertiary/aromatic N) is 2. The van der Waals surface area contributed by atoms with Gasteiger partial charge < -0.3 is 15.1 Å². The standard InChI is InChI=1S/C25H29Cl2N3O2/c1-17-9-13-29(14-10-17)23-8-6-19(16-21(23)25(32)30-11-3-2-4-12-30)28-24(31)20-7-5-18(26)15-22(20)27/h5-8,15-17H,2-4,9-14H2,1H3,(H,28,31). The van der Waals surface area contributed by atoms with Crippen LogP contribution in [0.5, 0.6) is 0 Å². The van der Waals surface area contributed by atoms with Gasteiger partial charge in [-0.1, -0.05) is 30.1 Å². The highest BCUT2D eigenvalue weighted by molar-refractivity contribution is 6.37. The number of amides is 2. The molecular formula is C25H29Cl2N3O2. The van der Waals surface area contributed by atoms with Crippen LogP contribution in [0.3, 0.4) is 0 Å². The molecule has 0 aliphatic carbocycles. The van der Waals surface area contributed by atoms with Crippen molar-refractivity contribution in [2.75, 3.05) is 36.4 Å². The van der Waals surface area contributed by atoms with Crippen molar-refractivity contribution in [2.24, 2.45) is 5.92 Å². The van der Waals surface area contributed by atoms with Crippen molar-refractivity contribution in [3.63, 3.8) is 0 Å². The Bertz CT molecular complexity index is 997. The summed E-state index contributed by atoms with van der Waals surface area (Å²) in [5, 5.41) is 3.66. The van der Waals surface area contributed by atoms with Crippen molar-refractivity contribution in [2.45, 2.75) is 39.0 Å². The van der Waals surface area contributed by atoms with Gasteiger partial charge in [-0.25, -0.2) is 0 Å². The van der Waals surface area contributed by atoms with Crippen molar-refractivity contribution >= 4 is 46.4 Å². The van der Waals surface area contributed by atoms with Gasteiger partial charge in [0, 0.05) is 42.6 Å². The second-order valence-electron chi connectivity index (χ2n) is 8.83. The number of halogens is 2. The van der Waals surface area contributed by atoms with Crippen molar-refractivity contribution in [3.05, 3.63) is 57.6 Å². The Morgan fingerprint density at radius 3 is 2.31 bits per heavy atom. The van der Waals surface area contributed by atoms with E-state index in [1.807, 2.05) is 23.1 Å². The minimum Gasteiger partial charge on any atom is -0.371 e.